The lowest BCUT2D eigenvalue weighted by molar-refractivity contribution is -0.575. The number of nitrogens with one attached hydrogen (secondary N) is 1. The first kappa shape index (κ1) is 10.9. The van der Waals surface area contributed by atoms with Crippen LogP contribution in [0.1, 0.15) is 11.8 Å². The van der Waals surface area contributed by atoms with Crippen molar-refractivity contribution in [2.45, 2.75) is 6.23 Å². The smallest absolute Gasteiger partial charge is 0.376 e. The topological polar surface area (TPSA) is 107 Å². The maximum absolute atomic E-state index is 10.7. The monoisotopic (exact) mass is 211 g/mol. The zero-order valence-corrected chi connectivity index (χ0v) is 7.62. The van der Waals surface area contributed by atoms with E-state index in [0.717, 1.165) is 0 Å². The molecule has 3 N–H and O–H groups in total. The lowest BCUT2D eigenvalue weighted by Gasteiger charge is -2.09. The van der Waals surface area contributed by atoms with Gasteiger partial charge in [0.15, 0.2) is 0 Å². The zero-order chi connectivity index (χ0) is 11.3. The van der Waals surface area contributed by atoms with E-state index in [1.165, 1.54) is 12.1 Å². The van der Waals surface area contributed by atoms with E-state index < -0.39 is 17.2 Å². The summed E-state index contributed by atoms with van der Waals surface area (Å²) in [6.07, 6.45) is -2.60. The van der Waals surface area contributed by atoms with Crippen LogP contribution in [0, 0.1) is 10.1 Å². The van der Waals surface area contributed by atoms with Gasteiger partial charge in [-0.2, -0.15) is 0 Å². The van der Waals surface area contributed by atoms with Crippen molar-refractivity contribution in [3.8, 4) is 0 Å². The summed E-state index contributed by atoms with van der Waals surface area (Å²) < 4.78 is 4.47. The highest BCUT2D eigenvalue weighted by Crippen LogP contribution is 2.17. The number of nitro groups is 1. The number of carbonyl (C=O) groups is 1. The van der Waals surface area contributed by atoms with Crippen molar-refractivity contribution in [1.29, 1.82) is 0 Å². The molecule has 7 heteroatoms. The van der Waals surface area contributed by atoms with Crippen LogP contribution in [0.15, 0.2) is 30.3 Å². The summed E-state index contributed by atoms with van der Waals surface area (Å²) in [5.41, 5.74) is 1.92. The number of amides is 1. The molecule has 1 unspecified atom stereocenters. The molecule has 0 fully saturated rings. The molecule has 0 saturated carbocycles. The van der Waals surface area contributed by atoms with Crippen LogP contribution in [0.3, 0.4) is 0 Å². The normalized spacial score (nSPS) is 11.5. The number of hydrazine groups is 1. The molecule has 15 heavy (non-hydrogen) atoms. The predicted octanol–water partition coefficient (Wildman–Crippen LogP) is 0.562. The van der Waals surface area contributed by atoms with Gasteiger partial charge in [-0.25, -0.2) is 10.6 Å². The molecule has 1 aromatic carbocycles. The van der Waals surface area contributed by atoms with Gasteiger partial charge in [-0.05, 0) is 12.1 Å². The molecule has 1 amide bonds. The molecular weight excluding hydrogens is 202 g/mol. The number of carbonyl (C=O) groups excluding carboxylic acids is 1. The van der Waals surface area contributed by atoms with E-state index in [9.17, 15) is 14.9 Å². The minimum Gasteiger partial charge on any atom is -0.376 e. The van der Waals surface area contributed by atoms with Crippen LogP contribution in [-0.4, -0.2) is 11.0 Å². The molecule has 80 valence electrons. The van der Waals surface area contributed by atoms with Gasteiger partial charge in [0.25, 0.3) is 0 Å². The molecule has 7 nitrogen and oxygen atoms in total. The van der Waals surface area contributed by atoms with Gasteiger partial charge >= 0.3 is 12.3 Å². The van der Waals surface area contributed by atoms with Crippen LogP contribution in [0.2, 0.25) is 0 Å². The summed E-state index contributed by atoms with van der Waals surface area (Å²) in [4.78, 5) is 20.6. The number of rotatable bonds is 3. The van der Waals surface area contributed by atoms with Crippen molar-refractivity contribution in [3.05, 3.63) is 46.0 Å². The van der Waals surface area contributed by atoms with Gasteiger partial charge in [0.2, 0.25) is 0 Å². The number of hydrogen-bond donors (Lipinski definition) is 2. The first-order chi connectivity index (χ1) is 7.15. The second kappa shape index (κ2) is 4.91. The summed E-state index contributed by atoms with van der Waals surface area (Å²) in [5, 5.41) is 10.6. The lowest BCUT2D eigenvalue weighted by Crippen LogP contribution is -2.33. The van der Waals surface area contributed by atoms with Crippen LogP contribution < -0.4 is 11.3 Å². The van der Waals surface area contributed by atoms with Crippen LogP contribution in [0.25, 0.3) is 0 Å². The van der Waals surface area contributed by atoms with E-state index in [2.05, 4.69) is 4.74 Å². The highest BCUT2D eigenvalue weighted by atomic mass is 16.7. The van der Waals surface area contributed by atoms with Crippen molar-refractivity contribution in [3.63, 3.8) is 0 Å². The largest absolute Gasteiger partial charge is 0.426 e. The molecule has 0 spiro atoms. The summed E-state index contributed by atoms with van der Waals surface area (Å²) in [7, 11) is 0. The van der Waals surface area contributed by atoms with Crippen LogP contribution >= 0.6 is 0 Å². The Kier molecular flexibility index (Phi) is 3.58. The molecule has 0 bridgehead atoms. The van der Waals surface area contributed by atoms with Crippen molar-refractivity contribution in [2.75, 3.05) is 0 Å². The summed E-state index contributed by atoms with van der Waals surface area (Å²) in [6, 6.07) is 7.88. The average molecular weight is 211 g/mol. The molecule has 0 heterocycles. The Balaban J connectivity index is 2.84. The Morgan fingerprint density at radius 2 is 2.07 bits per heavy atom. The Hall–Kier alpha value is -2.15. The van der Waals surface area contributed by atoms with E-state index >= 15 is 0 Å². The number of benzene rings is 1. The van der Waals surface area contributed by atoms with E-state index in [4.69, 9.17) is 5.84 Å². The summed E-state index contributed by atoms with van der Waals surface area (Å²) in [6.45, 7) is 0. The van der Waals surface area contributed by atoms with E-state index in [1.54, 1.807) is 23.6 Å². The minimum atomic E-state index is -1.55. The van der Waals surface area contributed by atoms with Gasteiger partial charge < -0.3 is 4.74 Å². The van der Waals surface area contributed by atoms with Gasteiger partial charge in [0.1, 0.15) is 0 Å². The van der Waals surface area contributed by atoms with Gasteiger partial charge in [-0.15, -0.1) is 0 Å². The van der Waals surface area contributed by atoms with Crippen molar-refractivity contribution in [1.82, 2.24) is 5.43 Å². The Morgan fingerprint density at radius 3 is 2.53 bits per heavy atom. The highest BCUT2D eigenvalue weighted by Gasteiger charge is 2.26. The third kappa shape index (κ3) is 2.92. The molecule has 0 aliphatic heterocycles. The van der Waals surface area contributed by atoms with Crippen LogP contribution in [0.5, 0.6) is 0 Å². The molecule has 1 aromatic rings. The molecular formula is C8H9N3O4. The number of hydrogen-bond acceptors (Lipinski definition) is 5. The molecule has 0 aromatic heterocycles. The number of nitrogens with zero attached hydrogens (tertiary/aromatic N) is 1. The number of nitrogens with two attached hydrogens (primary N) is 1. The first-order valence-corrected chi connectivity index (χ1v) is 4.01. The molecule has 0 radical (unpaired) electrons. The first-order valence-electron chi connectivity index (χ1n) is 4.01. The molecule has 0 aliphatic carbocycles. The van der Waals surface area contributed by atoms with Gasteiger partial charge in [0, 0.05) is 0 Å². The van der Waals surface area contributed by atoms with Crippen molar-refractivity contribution in [2.24, 2.45) is 5.84 Å². The fourth-order valence-corrected chi connectivity index (χ4v) is 0.986. The third-order valence-electron chi connectivity index (χ3n) is 1.61. The van der Waals surface area contributed by atoms with Gasteiger partial charge in [-0.1, -0.05) is 18.2 Å². The zero-order valence-electron chi connectivity index (χ0n) is 7.62. The maximum atomic E-state index is 10.7. The predicted molar refractivity (Wildman–Crippen MR) is 50.0 cm³/mol. The minimum absolute atomic E-state index is 0.270. The second-order valence-corrected chi connectivity index (χ2v) is 2.60. The summed E-state index contributed by atoms with van der Waals surface area (Å²) >= 11 is 0. The van der Waals surface area contributed by atoms with E-state index in [-0.39, 0.29) is 5.56 Å². The number of ether oxygens (including phenoxy) is 1. The molecule has 1 atom stereocenters. The van der Waals surface area contributed by atoms with Crippen molar-refractivity contribution < 1.29 is 14.5 Å². The third-order valence-corrected chi connectivity index (χ3v) is 1.61. The van der Waals surface area contributed by atoms with Crippen molar-refractivity contribution >= 4 is 6.09 Å². The standard InChI is InChI=1S/C8H9N3O4/c9-10-8(12)15-7(11(13)14)6-4-2-1-3-5-6/h1-5,7H,9H2,(H,10,12). The summed E-state index contributed by atoms with van der Waals surface area (Å²) in [5.74, 6) is 4.75. The second-order valence-electron chi connectivity index (χ2n) is 2.60. The molecule has 0 aliphatic rings. The Bertz CT molecular complexity index is 354. The fourth-order valence-electron chi connectivity index (χ4n) is 0.986. The average Bonchev–Trinajstić information content (AvgIpc) is 2.26. The van der Waals surface area contributed by atoms with Gasteiger partial charge in [0.05, 0.1) is 10.5 Å². The maximum Gasteiger partial charge on any atom is 0.426 e. The quantitative estimate of drug-likeness (QED) is 0.250. The fraction of sp³-hybridized carbons (Fsp3) is 0.125. The van der Waals surface area contributed by atoms with E-state index in [0.29, 0.717) is 0 Å². The van der Waals surface area contributed by atoms with E-state index in [1.807, 2.05) is 0 Å². The lowest BCUT2D eigenvalue weighted by atomic mass is 10.2. The van der Waals surface area contributed by atoms with Gasteiger partial charge in [-0.3, -0.25) is 15.5 Å². The highest BCUT2D eigenvalue weighted by molar-refractivity contribution is 5.66. The van der Waals surface area contributed by atoms with Crippen LogP contribution in [0.4, 0.5) is 4.79 Å². The Labute approximate surface area is 84.9 Å². The molecule has 1 rings (SSSR count). The molecule has 0 saturated heterocycles. The SMILES string of the molecule is NNC(=O)OC(c1ccccc1)[N+](=O)[O-]. The van der Waals surface area contributed by atoms with Crippen LogP contribution in [-0.2, 0) is 4.74 Å². The Morgan fingerprint density at radius 1 is 1.47 bits per heavy atom.